The standard InChI is InChI=1S/C19H13N3O5/c23-18-5-2-10-20(13-18)19(15-6-8-16(9-7-15)21(24)25)12-14-3-1-4-17(11-14)22(26)27/h1-13H/p+1/b19-12+. The van der Waals surface area contributed by atoms with Crippen molar-refractivity contribution in [1.82, 2.24) is 0 Å². The highest BCUT2D eigenvalue weighted by molar-refractivity contribution is 5.77. The molecule has 0 aliphatic rings. The van der Waals surface area contributed by atoms with E-state index in [4.69, 9.17) is 0 Å². The summed E-state index contributed by atoms with van der Waals surface area (Å²) in [5, 5.41) is 31.7. The lowest BCUT2D eigenvalue weighted by atomic mass is 10.1. The average Bonchev–Trinajstić information content (AvgIpc) is 2.66. The fourth-order valence-corrected chi connectivity index (χ4v) is 2.56. The summed E-state index contributed by atoms with van der Waals surface area (Å²) in [6.07, 6.45) is 4.88. The van der Waals surface area contributed by atoms with Gasteiger partial charge in [0.1, 0.15) is 0 Å². The average molecular weight is 364 g/mol. The second-order valence-corrected chi connectivity index (χ2v) is 5.66. The first kappa shape index (κ1) is 17.7. The summed E-state index contributed by atoms with van der Waals surface area (Å²) in [5.74, 6) is 0.0318. The van der Waals surface area contributed by atoms with E-state index in [1.165, 1.54) is 36.5 Å². The SMILES string of the molecule is O=[N+]([O-])c1ccc(/C(=C\c2cccc([N+](=O)[O-])c2)[n+]2cccc(O)c2)cc1. The highest BCUT2D eigenvalue weighted by Crippen LogP contribution is 2.22. The minimum Gasteiger partial charge on any atom is -0.503 e. The van der Waals surface area contributed by atoms with Crippen LogP contribution in [-0.4, -0.2) is 15.0 Å². The lowest BCUT2D eigenvalue weighted by Crippen LogP contribution is -2.31. The highest BCUT2D eigenvalue weighted by atomic mass is 16.6. The van der Waals surface area contributed by atoms with Gasteiger partial charge in [0.15, 0.2) is 11.9 Å². The maximum atomic E-state index is 11.0. The Hall–Kier alpha value is -4.07. The van der Waals surface area contributed by atoms with Crippen LogP contribution in [0.4, 0.5) is 11.4 Å². The first-order chi connectivity index (χ1) is 12.9. The lowest BCUT2D eigenvalue weighted by molar-refractivity contribution is -0.578. The number of nitro benzene ring substituents is 2. The predicted octanol–water partition coefficient (Wildman–Crippen LogP) is 3.54. The maximum Gasteiger partial charge on any atom is 0.270 e. The zero-order valence-corrected chi connectivity index (χ0v) is 13.9. The largest absolute Gasteiger partial charge is 0.503 e. The zero-order valence-electron chi connectivity index (χ0n) is 13.9. The monoisotopic (exact) mass is 364 g/mol. The van der Waals surface area contributed by atoms with Gasteiger partial charge in [-0.15, -0.1) is 0 Å². The quantitative estimate of drug-likeness (QED) is 0.322. The van der Waals surface area contributed by atoms with Crippen LogP contribution in [0.2, 0.25) is 0 Å². The van der Waals surface area contributed by atoms with E-state index in [-0.39, 0.29) is 17.1 Å². The van der Waals surface area contributed by atoms with Crippen molar-refractivity contribution in [2.75, 3.05) is 0 Å². The van der Waals surface area contributed by atoms with Crippen molar-refractivity contribution in [3.8, 4) is 5.75 Å². The van der Waals surface area contributed by atoms with Gasteiger partial charge in [-0.2, -0.15) is 4.57 Å². The van der Waals surface area contributed by atoms with E-state index in [2.05, 4.69) is 0 Å². The van der Waals surface area contributed by atoms with Gasteiger partial charge in [-0.1, -0.05) is 12.1 Å². The molecule has 0 unspecified atom stereocenters. The number of hydrogen-bond donors (Lipinski definition) is 1. The molecule has 0 radical (unpaired) electrons. The number of nitro groups is 2. The van der Waals surface area contributed by atoms with Gasteiger partial charge < -0.3 is 5.11 Å². The molecule has 1 heterocycles. The topological polar surface area (TPSA) is 110 Å². The maximum absolute atomic E-state index is 11.0. The first-order valence-electron chi connectivity index (χ1n) is 7.86. The fourth-order valence-electron chi connectivity index (χ4n) is 2.56. The summed E-state index contributed by atoms with van der Waals surface area (Å²) >= 11 is 0. The van der Waals surface area contributed by atoms with Crippen LogP contribution in [0.3, 0.4) is 0 Å². The summed E-state index contributed by atoms with van der Waals surface area (Å²) < 4.78 is 1.63. The van der Waals surface area contributed by atoms with Gasteiger partial charge in [-0.25, -0.2) is 0 Å². The summed E-state index contributed by atoms with van der Waals surface area (Å²) in [7, 11) is 0. The summed E-state index contributed by atoms with van der Waals surface area (Å²) in [6.45, 7) is 0. The van der Waals surface area contributed by atoms with Crippen molar-refractivity contribution in [1.29, 1.82) is 0 Å². The van der Waals surface area contributed by atoms with Gasteiger partial charge in [0.05, 0.1) is 9.85 Å². The molecule has 0 amide bonds. The molecule has 3 rings (SSSR count). The molecule has 0 bridgehead atoms. The van der Waals surface area contributed by atoms with E-state index in [0.29, 0.717) is 16.8 Å². The van der Waals surface area contributed by atoms with Gasteiger partial charge in [-0.3, -0.25) is 20.2 Å². The third-order valence-electron chi connectivity index (χ3n) is 3.82. The number of pyridine rings is 1. The summed E-state index contributed by atoms with van der Waals surface area (Å²) in [4.78, 5) is 20.9. The normalized spacial score (nSPS) is 11.2. The van der Waals surface area contributed by atoms with Crippen LogP contribution in [0.15, 0.2) is 73.1 Å². The third kappa shape index (κ3) is 4.13. The molecule has 8 heteroatoms. The van der Waals surface area contributed by atoms with E-state index < -0.39 is 9.85 Å². The van der Waals surface area contributed by atoms with Crippen LogP contribution in [-0.2, 0) is 0 Å². The predicted molar refractivity (Wildman–Crippen MR) is 97.8 cm³/mol. The molecule has 8 nitrogen and oxygen atoms in total. The van der Waals surface area contributed by atoms with Crippen molar-refractivity contribution in [3.63, 3.8) is 0 Å². The molecule has 0 aliphatic carbocycles. The van der Waals surface area contributed by atoms with E-state index in [0.717, 1.165) is 0 Å². The molecular weight excluding hydrogens is 350 g/mol. The zero-order chi connectivity index (χ0) is 19.4. The van der Waals surface area contributed by atoms with Crippen LogP contribution in [0.25, 0.3) is 11.8 Å². The number of hydrogen-bond acceptors (Lipinski definition) is 5. The van der Waals surface area contributed by atoms with Crippen LogP contribution in [0, 0.1) is 20.2 Å². The molecular formula is C19H14N3O5+. The van der Waals surface area contributed by atoms with Crippen molar-refractivity contribution >= 4 is 23.1 Å². The Morgan fingerprint density at radius 1 is 0.926 bits per heavy atom. The van der Waals surface area contributed by atoms with Crippen LogP contribution < -0.4 is 4.57 Å². The van der Waals surface area contributed by atoms with Crippen molar-refractivity contribution in [2.45, 2.75) is 0 Å². The molecule has 1 aromatic heterocycles. The van der Waals surface area contributed by atoms with Crippen molar-refractivity contribution < 1.29 is 19.5 Å². The number of aromatic hydroxyl groups is 1. The van der Waals surface area contributed by atoms with Crippen LogP contribution in [0.1, 0.15) is 11.1 Å². The first-order valence-corrected chi connectivity index (χ1v) is 7.86. The van der Waals surface area contributed by atoms with Gasteiger partial charge in [0.25, 0.3) is 11.4 Å². The second-order valence-electron chi connectivity index (χ2n) is 5.66. The third-order valence-corrected chi connectivity index (χ3v) is 3.82. The molecule has 3 aromatic rings. The Morgan fingerprint density at radius 3 is 2.26 bits per heavy atom. The number of benzene rings is 2. The Kier molecular flexibility index (Phi) is 4.89. The van der Waals surface area contributed by atoms with Crippen molar-refractivity contribution in [2.24, 2.45) is 0 Å². The summed E-state index contributed by atoms with van der Waals surface area (Å²) in [5.41, 5.74) is 1.71. The Labute approximate surface area is 153 Å². The molecule has 0 fully saturated rings. The van der Waals surface area contributed by atoms with E-state index in [1.807, 2.05) is 0 Å². The van der Waals surface area contributed by atoms with Crippen LogP contribution in [0.5, 0.6) is 5.75 Å². The van der Waals surface area contributed by atoms with Gasteiger partial charge in [0.2, 0.25) is 11.9 Å². The minimum atomic E-state index is -0.491. The number of rotatable bonds is 5. The number of nitrogens with zero attached hydrogens (tertiary/aromatic N) is 3. The number of aromatic nitrogens is 1. The highest BCUT2D eigenvalue weighted by Gasteiger charge is 2.17. The van der Waals surface area contributed by atoms with Crippen LogP contribution >= 0.6 is 0 Å². The molecule has 2 aromatic carbocycles. The minimum absolute atomic E-state index is 0.0318. The number of non-ortho nitro benzene ring substituents is 2. The van der Waals surface area contributed by atoms with Gasteiger partial charge in [-0.05, 0) is 23.8 Å². The smallest absolute Gasteiger partial charge is 0.270 e. The molecule has 0 atom stereocenters. The second kappa shape index (κ2) is 7.44. The Balaban J connectivity index is 2.14. The fraction of sp³-hybridized carbons (Fsp3) is 0. The van der Waals surface area contributed by atoms with Crippen molar-refractivity contribution in [3.05, 3.63) is 104 Å². The molecule has 27 heavy (non-hydrogen) atoms. The van der Waals surface area contributed by atoms with E-state index >= 15 is 0 Å². The Bertz CT molecular complexity index is 1050. The molecule has 0 aliphatic heterocycles. The van der Waals surface area contributed by atoms with Gasteiger partial charge >= 0.3 is 0 Å². The van der Waals surface area contributed by atoms with E-state index in [1.54, 1.807) is 47.2 Å². The van der Waals surface area contributed by atoms with Gasteiger partial charge in [0, 0.05) is 42.0 Å². The molecule has 0 saturated heterocycles. The molecule has 0 saturated carbocycles. The lowest BCUT2D eigenvalue weighted by Gasteiger charge is -2.04. The van der Waals surface area contributed by atoms with E-state index in [9.17, 15) is 25.3 Å². The molecule has 0 spiro atoms. The Morgan fingerprint density at radius 2 is 1.63 bits per heavy atom. The molecule has 1 N–H and O–H groups in total. The summed E-state index contributed by atoms with van der Waals surface area (Å²) in [6, 6.07) is 15.2. The molecule has 134 valence electrons.